The molecule has 0 unspecified atom stereocenters. The Morgan fingerprint density at radius 3 is 2.29 bits per heavy atom. The van der Waals surface area contributed by atoms with E-state index in [2.05, 4.69) is 14.1 Å². The molecule has 1 aliphatic heterocycles. The largest absolute Gasteiger partial charge is 1.00 e. The number of carbonyl (C=O) groups is 1. The SMILES string of the molecule is C[N+]1(C)CCC(OC(=O)[C@](O)(c2ccc(Cl)cc2)[C@@H]2CCC(F)(F)C2)CC1.[Br-]. The second-order valence-electron chi connectivity index (χ2n) is 8.56. The summed E-state index contributed by atoms with van der Waals surface area (Å²) in [6.07, 6.45) is 0.276. The fraction of sp³-hybridized carbons (Fsp3) is 0.650. The minimum atomic E-state index is -2.88. The van der Waals surface area contributed by atoms with Gasteiger partial charge in [-0.25, -0.2) is 13.6 Å². The summed E-state index contributed by atoms with van der Waals surface area (Å²) >= 11 is 5.91. The van der Waals surface area contributed by atoms with Crippen LogP contribution in [-0.4, -0.2) is 54.8 Å². The van der Waals surface area contributed by atoms with Crippen LogP contribution in [0.25, 0.3) is 0 Å². The normalized spacial score (nSPS) is 26.1. The Morgan fingerprint density at radius 2 is 1.79 bits per heavy atom. The zero-order chi connectivity index (χ0) is 19.9. The van der Waals surface area contributed by atoms with E-state index < -0.39 is 29.8 Å². The van der Waals surface area contributed by atoms with Crippen molar-refractivity contribution in [3.05, 3.63) is 34.9 Å². The van der Waals surface area contributed by atoms with Crippen molar-refractivity contribution in [1.82, 2.24) is 0 Å². The first-order valence-corrected chi connectivity index (χ1v) is 9.79. The Hall–Kier alpha value is -0.760. The van der Waals surface area contributed by atoms with Gasteiger partial charge in [0.1, 0.15) is 6.10 Å². The fourth-order valence-electron chi connectivity index (χ4n) is 4.13. The van der Waals surface area contributed by atoms with E-state index in [1.54, 1.807) is 12.1 Å². The lowest BCUT2D eigenvalue weighted by molar-refractivity contribution is -0.896. The number of benzene rings is 1. The summed E-state index contributed by atoms with van der Waals surface area (Å²) < 4.78 is 34.1. The van der Waals surface area contributed by atoms with Gasteiger partial charge in [-0.05, 0) is 24.1 Å². The van der Waals surface area contributed by atoms with E-state index in [4.69, 9.17) is 16.3 Å². The second kappa shape index (κ2) is 8.54. The molecule has 28 heavy (non-hydrogen) atoms. The summed E-state index contributed by atoms with van der Waals surface area (Å²) in [5, 5.41) is 11.8. The van der Waals surface area contributed by atoms with Crippen LogP contribution in [0.15, 0.2) is 24.3 Å². The Kier molecular flexibility index (Phi) is 7.17. The number of likely N-dealkylation sites (tertiary alicyclic amines) is 1. The zero-order valence-electron chi connectivity index (χ0n) is 16.1. The molecule has 2 fully saturated rings. The lowest BCUT2D eigenvalue weighted by Gasteiger charge is -2.38. The lowest BCUT2D eigenvalue weighted by atomic mass is 9.80. The van der Waals surface area contributed by atoms with Crippen molar-refractivity contribution in [1.29, 1.82) is 0 Å². The Balaban J connectivity index is 0.00000280. The summed E-state index contributed by atoms with van der Waals surface area (Å²) in [5.41, 5.74) is -1.83. The number of ether oxygens (including phenoxy) is 1. The number of aliphatic hydroxyl groups is 1. The van der Waals surface area contributed by atoms with Gasteiger partial charge in [-0.1, -0.05) is 23.7 Å². The van der Waals surface area contributed by atoms with Gasteiger partial charge in [-0.2, -0.15) is 0 Å². The molecule has 1 saturated heterocycles. The molecule has 0 bridgehead atoms. The maximum Gasteiger partial charge on any atom is 0.343 e. The van der Waals surface area contributed by atoms with E-state index in [0.717, 1.165) is 17.6 Å². The van der Waals surface area contributed by atoms with Crippen molar-refractivity contribution >= 4 is 17.6 Å². The molecule has 0 aromatic heterocycles. The van der Waals surface area contributed by atoms with Gasteiger partial charge >= 0.3 is 5.97 Å². The third-order valence-electron chi connectivity index (χ3n) is 5.98. The Morgan fingerprint density at radius 1 is 1.21 bits per heavy atom. The van der Waals surface area contributed by atoms with Gasteiger partial charge in [0, 0.05) is 36.6 Å². The van der Waals surface area contributed by atoms with Gasteiger partial charge in [-0.3, -0.25) is 0 Å². The summed E-state index contributed by atoms with van der Waals surface area (Å²) in [6.45, 7) is 1.72. The molecule has 1 aromatic rings. The minimum absolute atomic E-state index is 0. The molecule has 0 amide bonds. The molecule has 1 aromatic carbocycles. The van der Waals surface area contributed by atoms with Crippen LogP contribution in [0.2, 0.25) is 5.02 Å². The highest BCUT2D eigenvalue weighted by atomic mass is 79.9. The van der Waals surface area contributed by atoms with E-state index in [9.17, 15) is 18.7 Å². The first kappa shape index (κ1) is 23.5. The van der Waals surface area contributed by atoms with Crippen LogP contribution < -0.4 is 17.0 Å². The van der Waals surface area contributed by atoms with Gasteiger partial charge in [0.15, 0.2) is 5.60 Å². The molecule has 8 heteroatoms. The standard InChI is InChI=1S/C20H27ClF2NO3.BrH/c1-24(2)11-8-17(9-12-24)27-18(25)20(26,14-3-5-16(21)6-4-14)15-7-10-19(22,23)13-15;/h3-6,15,17,26H,7-13H2,1-2H3;1H/q+1;/p-1/t15-,20+;/m1./s1. The minimum Gasteiger partial charge on any atom is -1.00 e. The topological polar surface area (TPSA) is 46.5 Å². The third kappa shape index (κ3) is 5.04. The van der Waals surface area contributed by atoms with Crippen LogP contribution in [-0.2, 0) is 15.1 Å². The average molecular weight is 483 g/mol. The van der Waals surface area contributed by atoms with E-state index >= 15 is 0 Å². The number of piperidine rings is 1. The average Bonchev–Trinajstić information content (AvgIpc) is 2.97. The molecular weight excluding hydrogens is 456 g/mol. The summed E-state index contributed by atoms with van der Waals surface area (Å²) in [6, 6.07) is 6.12. The fourth-order valence-corrected chi connectivity index (χ4v) is 4.26. The first-order chi connectivity index (χ1) is 12.5. The highest BCUT2D eigenvalue weighted by molar-refractivity contribution is 6.30. The second-order valence-corrected chi connectivity index (χ2v) is 8.99. The van der Waals surface area contributed by atoms with E-state index in [-0.39, 0.29) is 41.5 Å². The molecule has 2 atom stereocenters. The number of hydrogen-bond donors (Lipinski definition) is 1. The van der Waals surface area contributed by atoms with E-state index in [1.165, 1.54) is 12.1 Å². The number of nitrogens with zero attached hydrogens (tertiary/aromatic N) is 1. The van der Waals surface area contributed by atoms with Gasteiger partial charge < -0.3 is 31.3 Å². The quantitative estimate of drug-likeness (QED) is 0.509. The van der Waals surface area contributed by atoms with Crippen molar-refractivity contribution < 1.29 is 44.9 Å². The Labute approximate surface area is 180 Å². The van der Waals surface area contributed by atoms with Gasteiger partial charge in [0.25, 0.3) is 0 Å². The predicted molar refractivity (Wildman–Crippen MR) is 98.6 cm³/mol. The summed E-state index contributed by atoms with van der Waals surface area (Å²) in [5.74, 6) is -4.60. The summed E-state index contributed by atoms with van der Waals surface area (Å²) in [7, 11) is 4.23. The van der Waals surface area contributed by atoms with Crippen LogP contribution in [0, 0.1) is 5.92 Å². The molecule has 1 heterocycles. The van der Waals surface area contributed by atoms with Crippen LogP contribution in [0.5, 0.6) is 0 Å². The molecule has 158 valence electrons. The molecule has 1 saturated carbocycles. The van der Waals surface area contributed by atoms with Crippen LogP contribution in [0.4, 0.5) is 8.78 Å². The molecule has 1 N–H and O–H groups in total. The molecule has 0 spiro atoms. The maximum atomic E-state index is 13.8. The smallest absolute Gasteiger partial charge is 0.343 e. The molecule has 2 aliphatic rings. The molecule has 4 nitrogen and oxygen atoms in total. The number of halogens is 4. The highest BCUT2D eigenvalue weighted by Crippen LogP contribution is 2.48. The maximum absolute atomic E-state index is 13.8. The zero-order valence-corrected chi connectivity index (χ0v) is 18.5. The molecule has 3 rings (SSSR count). The lowest BCUT2D eigenvalue weighted by Crippen LogP contribution is -3.00. The Bertz CT molecular complexity index is 691. The molecular formula is C20H27BrClF2NO3. The monoisotopic (exact) mass is 481 g/mol. The number of carbonyl (C=O) groups excluding carboxylic acids is 1. The molecule has 0 radical (unpaired) electrons. The van der Waals surface area contributed by atoms with Crippen molar-refractivity contribution in [2.45, 2.75) is 49.7 Å². The number of rotatable bonds is 4. The van der Waals surface area contributed by atoms with Crippen LogP contribution in [0.1, 0.15) is 37.7 Å². The van der Waals surface area contributed by atoms with Gasteiger partial charge in [0.05, 0.1) is 27.2 Å². The number of hydrogen-bond acceptors (Lipinski definition) is 3. The van der Waals surface area contributed by atoms with Gasteiger partial charge in [-0.15, -0.1) is 0 Å². The molecule has 1 aliphatic carbocycles. The number of quaternary nitrogens is 1. The van der Waals surface area contributed by atoms with Crippen molar-refractivity contribution in [3.8, 4) is 0 Å². The van der Waals surface area contributed by atoms with Crippen molar-refractivity contribution in [3.63, 3.8) is 0 Å². The number of esters is 1. The van der Waals surface area contributed by atoms with E-state index in [1.807, 2.05) is 0 Å². The predicted octanol–water partition coefficient (Wildman–Crippen LogP) is 0.749. The first-order valence-electron chi connectivity index (χ1n) is 9.41. The third-order valence-corrected chi connectivity index (χ3v) is 6.23. The highest BCUT2D eigenvalue weighted by Gasteiger charge is 2.55. The van der Waals surface area contributed by atoms with Crippen molar-refractivity contribution in [2.75, 3.05) is 27.2 Å². The number of alkyl halides is 2. The van der Waals surface area contributed by atoms with Crippen molar-refractivity contribution in [2.24, 2.45) is 5.92 Å². The van der Waals surface area contributed by atoms with Crippen LogP contribution >= 0.6 is 11.6 Å². The summed E-state index contributed by atoms with van der Waals surface area (Å²) in [4.78, 5) is 13.0. The van der Waals surface area contributed by atoms with Gasteiger partial charge in [0.2, 0.25) is 5.92 Å². The van der Waals surface area contributed by atoms with Crippen LogP contribution in [0.3, 0.4) is 0 Å². The van der Waals surface area contributed by atoms with E-state index in [0.29, 0.717) is 17.9 Å².